The van der Waals surface area contributed by atoms with Crippen LogP contribution in [-0.4, -0.2) is 21.8 Å². The Morgan fingerprint density at radius 2 is 1.58 bits per heavy atom. The van der Waals surface area contributed by atoms with E-state index in [2.05, 4.69) is 10.3 Å². The molecule has 5 aromatic rings. The fourth-order valence-electron chi connectivity index (χ4n) is 4.31. The monoisotopic (exact) mass is 540 g/mol. The van der Waals surface area contributed by atoms with Crippen LogP contribution in [0.25, 0.3) is 21.3 Å². The first-order chi connectivity index (χ1) is 18.4. The van der Waals surface area contributed by atoms with Gasteiger partial charge in [-0.15, -0.1) is 0 Å². The van der Waals surface area contributed by atoms with Crippen LogP contribution in [-0.2, 0) is 11.2 Å². The van der Waals surface area contributed by atoms with Crippen molar-refractivity contribution in [3.63, 3.8) is 0 Å². The van der Waals surface area contributed by atoms with Gasteiger partial charge in [-0.1, -0.05) is 89.7 Å². The van der Waals surface area contributed by atoms with Crippen molar-refractivity contribution in [2.75, 3.05) is 5.32 Å². The normalized spacial score (nSPS) is 11.8. The van der Waals surface area contributed by atoms with Gasteiger partial charge >= 0.3 is 5.97 Å². The number of carboxylic acid groups (broad SMARTS) is 1. The molecule has 5 rings (SSSR count). The lowest BCUT2D eigenvalue weighted by Crippen LogP contribution is -2.19. The van der Waals surface area contributed by atoms with E-state index in [-0.39, 0.29) is 12.2 Å². The van der Waals surface area contributed by atoms with E-state index in [1.165, 1.54) is 0 Å². The molecule has 1 heterocycles. The van der Waals surface area contributed by atoms with Crippen LogP contribution in [0.15, 0.2) is 97.1 Å². The van der Waals surface area contributed by atoms with Crippen LogP contribution in [0.3, 0.4) is 0 Å². The zero-order valence-corrected chi connectivity index (χ0v) is 22.0. The van der Waals surface area contributed by atoms with Gasteiger partial charge in [0.1, 0.15) is 0 Å². The summed E-state index contributed by atoms with van der Waals surface area (Å²) in [6.07, 6.45) is 1.04. The number of ketones is 1. The third-order valence-electron chi connectivity index (χ3n) is 6.43. The number of Topliss-reactive ketones (excluding diaryl/α,β-unsaturated/α-hetero) is 1. The molecule has 190 valence electrons. The Hall–Kier alpha value is -4.00. The Labute approximate surface area is 229 Å². The minimum absolute atomic E-state index is 0.0140. The molecule has 0 bridgehead atoms. The van der Waals surface area contributed by atoms with Crippen LogP contribution in [0.2, 0.25) is 5.02 Å². The number of benzene rings is 4. The van der Waals surface area contributed by atoms with Crippen molar-refractivity contribution in [2.24, 2.45) is 5.92 Å². The fraction of sp³-hybridized carbons (Fsp3) is 0.129. The topological polar surface area (TPSA) is 79.3 Å². The number of nitrogens with zero attached hydrogens (tertiary/aromatic N) is 1. The number of aliphatic carboxylic acids is 1. The number of hydrogen-bond donors (Lipinski definition) is 2. The highest BCUT2D eigenvalue weighted by Gasteiger charge is 2.22. The summed E-state index contributed by atoms with van der Waals surface area (Å²) in [7, 11) is 0. The molecule has 0 fully saturated rings. The molecule has 0 aliphatic heterocycles. The maximum atomic E-state index is 12.8. The number of fused-ring (bicyclic) bond motifs is 1. The highest BCUT2D eigenvalue weighted by atomic mass is 35.5. The maximum Gasteiger partial charge on any atom is 0.306 e. The maximum absolute atomic E-state index is 12.8. The summed E-state index contributed by atoms with van der Waals surface area (Å²) >= 11 is 7.62. The molecule has 0 spiro atoms. The Morgan fingerprint density at radius 3 is 2.26 bits per heavy atom. The Morgan fingerprint density at radius 1 is 0.895 bits per heavy atom. The smallest absolute Gasteiger partial charge is 0.306 e. The molecule has 38 heavy (non-hydrogen) atoms. The minimum Gasteiger partial charge on any atom is -0.481 e. The second-order valence-electron chi connectivity index (χ2n) is 9.10. The molecule has 1 aromatic heterocycles. The molecule has 0 saturated carbocycles. The Bertz CT molecular complexity index is 1570. The predicted octanol–water partition coefficient (Wildman–Crippen LogP) is 8.27. The summed E-state index contributed by atoms with van der Waals surface area (Å²) in [5.74, 6) is -1.81. The lowest BCUT2D eigenvalue weighted by atomic mass is 9.92. The first-order valence-corrected chi connectivity index (χ1v) is 13.5. The van der Waals surface area contributed by atoms with Crippen LogP contribution >= 0.6 is 22.9 Å². The first kappa shape index (κ1) is 25.6. The summed E-state index contributed by atoms with van der Waals surface area (Å²) in [5, 5.41) is 14.5. The van der Waals surface area contributed by atoms with Crippen LogP contribution < -0.4 is 5.32 Å². The van der Waals surface area contributed by atoms with Gasteiger partial charge in [-0.25, -0.2) is 4.98 Å². The standard InChI is InChI=1S/C31H25ClN2O3S/c32-25-14-17-27-29(19-25)38-31(34-27)33-26-15-12-22(13-16-26)21-8-10-23(11-9-21)28(35)18-24(30(36)37)7-6-20-4-2-1-3-5-20/h1-5,8-17,19,24H,6-7,18H2,(H,33,34)(H,36,37). The van der Waals surface area contributed by atoms with Crippen molar-refractivity contribution in [3.8, 4) is 11.1 Å². The van der Waals surface area contributed by atoms with Crippen molar-refractivity contribution in [2.45, 2.75) is 19.3 Å². The molecule has 5 nitrogen and oxygen atoms in total. The molecule has 4 aromatic carbocycles. The summed E-state index contributed by atoms with van der Waals surface area (Å²) in [6, 6.07) is 30.7. The third kappa shape index (κ3) is 6.28. The van der Waals surface area contributed by atoms with Gasteiger partial charge in [0.05, 0.1) is 16.1 Å². The van der Waals surface area contributed by atoms with Crippen LogP contribution in [0.1, 0.15) is 28.8 Å². The van der Waals surface area contributed by atoms with E-state index < -0.39 is 11.9 Å². The molecule has 0 radical (unpaired) electrons. The summed E-state index contributed by atoms with van der Waals surface area (Å²) in [4.78, 5) is 29.2. The number of carbonyl (C=O) groups is 2. The van der Waals surface area contributed by atoms with E-state index in [0.717, 1.165) is 37.7 Å². The van der Waals surface area contributed by atoms with Crippen LogP contribution in [0.5, 0.6) is 0 Å². The third-order valence-corrected chi connectivity index (χ3v) is 7.60. The van der Waals surface area contributed by atoms with Crippen molar-refractivity contribution >= 4 is 55.7 Å². The van der Waals surface area contributed by atoms with E-state index >= 15 is 0 Å². The summed E-state index contributed by atoms with van der Waals surface area (Å²) < 4.78 is 1.03. The molecule has 1 unspecified atom stereocenters. The average molecular weight is 541 g/mol. The quantitative estimate of drug-likeness (QED) is 0.174. The van der Waals surface area contributed by atoms with E-state index in [0.29, 0.717) is 23.4 Å². The lowest BCUT2D eigenvalue weighted by molar-refractivity contribution is -0.141. The molecule has 0 amide bonds. The molecule has 0 aliphatic carbocycles. The molecule has 1 atom stereocenters. The molecule has 0 aliphatic rings. The number of halogens is 1. The fourth-order valence-corrected chi connectivity index (χ4v) is 5.47. The average Bonchev–Trinajstić information content (AvgIpc) is 3.33. The summed E-state index contributed by atoms with van der Waals surface area (Å²) in [6.45, 7) is 0. The molecular formula is C31H25ClN2O3S. The number of aromatic nitrogens is 1. The number of nitrogens with one attached hydrogen (secondary N) is 1. The van der Waals surface area contributed by atoms with Gasteiger partial charge in [-0.3, -0.25) is 9.59 Å². The molecule has 7 heteroatoms. The zero-order chi connectivity index (χ0) is 26.5. The van der Waals surface area contributed by atoms with Gasteiger partial charge in [-0.2, -0.15) is 0 Å². The second kappa shape index (κ2) is 11.6. The largest absolute Gasteiger partial charge is 0.481 e. The first-order valence-electron chi connectivity index (χ1n) is 12.3. The SMILES string of the molecule is O=C(CC(CCc1ccccc1)C(=O)O)c1ccc(-c2ccc(Nc3nc4ccc(Cl)cc4s3)cc2)cc1. The zero-order valence-electron chi connectivity index (χ0n) is 20.4. The number of carboxylic acids is 1. The van der Waals surface area contributed by atoms with Gasteiger partial charge < -0.3 is 10.4 Å². The van der Waals surface area contributed by atoms with Crippen molar-refractivity contribution in [1.29, 1.82) is 0 Å². The highest BCUT2D eigenvalue weighted by Crippen LogP contribution is 2.31. The number of carbonyl (C=O) groups excluding carboxylic acids is 1. The number of aryl methyl sites for hydroxylation is 1. The number of anilines is 2. The summed E-state index contributed by atoms with van der Waals surface area (Å²) in [5.41, 5.74) is 5.40. The van der Waals surface area contributed by atoms with Gasteiger partial charge in [0, 0.05) is 22.7 Å². The predicted molar refractivity (Wildman–Crippen MR) is 155 cm³/mol. The lowest BCUT2D eigenvalue weighted by Gasteiger charge is -2.12. The number of hydrogen-bond acceptors (Lipinski definition) is 5. The van der Waals surface area contributed by atoms with E-state index in [9.17, 15) is 14.7 Å². The minimum atomic E-state index is -0.936. The van der Waals surface area contributed by atoms with Crippen molar-refractivity contribution in [1.82, 2.24) is 4.98 Å². The molecule has 2 N–H and O–H groups in total. The van der Waals surface area contributed by atoms with Gasteiger partial charge in [0.15, 0.2) is 10.9 Å². The Balaban J connectivity index is 1.21. The second-order valence-corrected chi connectivity index (χ2v) is 10.6. The number of thiazole rings is 1. The van der Waals surface area contributed by atoms with E-state index in [1.807, 2.05) is 84.9 Å². The number of rotatable bonds is 10. The van der Waals surface area contributed by atoms with E-state index in [1.54, 1.807) is 23.5 Å². The van der Waals surface area contributed by atoms with Crippen LogP contribution in [0, 0.1) is 5.92 Å². The Kier molecular flexibility index (Phi) is 7.82. The van der Waals surface area contributed by atoms with Crippen molar-refractivity contribution < 1.29 is 14.7 Å². The van der Waals surface area contributed by atoms with E-state index in [4.69, 9.17) is 11.6 Å². The van der Waals surface area contributed by atoms with Gasteiger partial charge in [-0.05, 0) is 59.9 Å². The van der Waals surface area contributed by atoms with Crippen LogP contribution in [0.4, 0.5) is 10.8 Å². The molecule has 0 saturated heterocycles. The molecular weight excluding hydrogens is 516 g/mol. The van der Waals surface area contributed by atoms with Gasteiger partial charge in [0.25, 0.3) is 0 Å². The highest BCUT2D eigenvalue weighted by molar-refractivity contribution is 7.22. The van der Waals surface area contributed by atoms with Gasteiger partial charge in [0.2, 0.25) is 0 Å². The van der Waals surface area contributed by atoms with Crippen molar-refractivity contribution in [3.05, 3.63) is 113 Å².